The summed E-state index contributed by atoms with van der Waals surface area (Å²) >= 11 is 1.91. The standard InChI is InChI=1S/C11H14INO5/c12-8-2-1-7(3-9(8)17)10(18)13-11(4-14,5-15)6-16/h1-3,14-17H,4-6H2,(H,13,18). The zero-order valence-electron chi connectivity index (χ0n) is 9.43. The highest BCUT2D eigenvalue weighted by atomic mass is 127. The number of halogens is 1. The van der Waals surface area contributed by atoms with Gasteiger partial charge in [-0.25, -0.2) is 0 Å². The SMILES string of the molecule is O=C(NC(CO)(CO)CO)c1ccc(I)c(O)c1. The summed E-state index contributed by atoms with van der Waals surface area (Å²) in [5.41, 5.74) is -1.30. The lowest BCUT2D eigenvalue weighted by Gasteiger charge is -2.28. The van der Waals surface area contributed by atoms with Crippen molar-refractivity contribution >= 4 is 28.5 Å². The van der Waals surface area contributed by atoms with Crippen molar-refractivity contribution in [3.8, 4) is 5.75 Å². The van der Waals surface area contributed by atoms with Crippen LogP contribution < -0.4 is 5.32 Å². The molecule has 0 saturated heterocycles. The maximum absolute atomic E-state index is 11.8. The molecule has 0 aromatic heterocycles. The number of benzene rings is 1. The fourth-order valence-electron chi connectivity index (χ4n) is 1.24. The van der Waals surface area contributed by atoms with Crippen LogP contribution in [0.3, 0.4) is 0 Å². The third-order valence-corrected chi connectivity index (χ3v) is 3.41. The van der Waals surface area contributed by atoms with Crippen molar-refractivity contribution in [2.45, 2.75) is 5.54 Å². The number of nitrogens with one attached hydrogen (secondary N) is 1. The first-order valence-electron chi connectivity index (χ1n) is 5.11. The van der Waals surface area contributed by atoms with Crippen molar-refractivity contribution < 1.29 is 25.2 Å². The van der Waals surface area contributed by atoms with E-state index in [-0.39, 0.29) is 11.3 Å². The van der Waals surface area contributed by atoms with E-state index >= 15 is 0 Å². The molecule has 0 aliphatic rings. The van der Waals surface area contributed by atoms with Gasteiger partial charge in [-0.1, -0.05) is 0 Å². The van der Waals surface area contributed by atoms with Gasteiger partial charge in [0, 0.05) is 5.56 Å². The van der Waals surface area contributed by atoms with Crippen LogP contribution in [-0.2, 0) is 0 Å². The minimum absolute atomic E-state index is 0.0363. The van der Waals surface area contributed by atoms with Crippen LogP contribution in [-0.4, -0.2) is 51.7 Å². The number of hydrogen-bond donors (Lipinski definition) is 5. The number of amides is 1. The first-order chi connectivity index (χ1) is 8.48. The van der Waals surface area contributed by atoms with E-state index in [2.05, 4.69) is 5.32 Å². The highest BCUT2D eigenvalue weighted by Crippen LogP contribution is 2.20. The second-order valence-corrected chi connectivity index (χ2v) is 5.04. The van der Waals surface area contributed by atoms with E-state index in [1.165, 1.54) is 12.1 Å². The lowest BCUT2D eigenvalue weighted by molar-refractivity contribution is 0.0375. The first kappa shape index (κ1) is 15.2. The molecule has 0 aliphatic heterocycles. The topological polar surface area (TPSA) is 110 Å². The Hall–Kier alpha value is -0.900. The fraction of sp³-hybridized carbons (Fsp3) is 0.364. The third kappa shape index (κ3) is 3.31. The lowest BCUT2D eigenvalue weighted by atomic mass is 10.0. The Balaban J connectivity index is 2.90. The molecule has 18 heavy (non-hydrogen) atoms. The number of rotatable bonds is 5. The summed E-state index contributed by atoms with van der Waals surface area (Å²) < 4.78 is 0.599. The Morgan fingerprint density at radius 3 is 2.22 bits per heavy atom. The van der Waals surface area contributed by atoms with Crippen molar-refractivity contribution in [3.05, 3.63) is 27.3 Å². The van der Waals surface area contributed by atoms with Crippen LogP contribution >= 0.6 is 22.6 Å². The number of phenolic OH excluding ortho intramolecular Hbond substituents is 1. The van der Waals surface area contributed by atoms with E-state index in [9.17, 15) is 9.90 Å². The van der Waals surface area contributed by atoms with Crippen LogP contribution in [0.1, 0.15) is 10.4 Å². The van der Waals surface area contributed by atoms with Crippen molar-refractivity contribution in [2.24, 2.45) is 0 Å². The van der Waals surface area contributed by atoms with Crippen molar-refractivity contribution in [1.29, 1.82) is 0 Å². The van der Waals surface area contributed by atoms with Gasteiger partial charge in [-0.05, 0) is 40.8 Å². The van der Waals surface area contributed by atoms with Gasteiger partial charge in [0.2, 0.25) is 0 Å². The van der Waals surface area contributed by atoms with Crippen molar-refractivity contribution in [2.75, 3.05) is 19.8 Å². The number of hydrogen-bond acceptors (Lipinski definition) is 5. The van der Waals surface area contributed by atoms with Crippen molar-refractivity contribution in [3.63, 3.8) is 0 Å². The third-order valence-electron chi connectivity index (χ3n) is 2.50. The Kier molecular flexibility index (Phi) is 5.32. The van der Waals surface area contributed by atoms with E-state index in [0.29, 0.717) is 3.57 Å². The average molecular weight is 367 g/mol. The van der Waals surface area contributed by atoms with Crippen LogP contribution in [0.4, 0.5) is 0 Å². The minimum Gasteiger partial charge on any atom is -0.507 e. The molecule has 0 saturated carbocycles. The second kappa shape index (κ2) is 6.32. The Morgan fingerprint density at radius 2 is 1.78 bits per heavy atom. The molecule has 1 amide bonds. The van der Waals surface area contributed by atoms with Crippen molar-refractivity contribution in [1.82, 2.24) is 5.32 Å². The summed E-state index contributed by atoms with van der Waals surface area (Å²) in [5.74, 6) is -0.635. The molecule has 0 heterocycles. The number of carbonyl (C=O) groups is 1. The molecule has 1 rings (SSSR count). The molecule has 0 unspecified atom stereocenters. The van der Waals surface area contributed by atoms with Gasteiger partial charge in [-0.15, -0.1) is 0 Å². The number of aromatic hydroxyl groups is 1. The highest BCUT2D eigenvalue weighted by Gasteiger charge is 2.30. The van der Waals surface area contributed by atoms with Gasteiger partial charge >= 0.3 is 0 Å². The predicted octanol–water partition coefficient (Wildman–Crippen LogP) is -0.558. The molecule has 0 aliphatic carbocycles. The molecule has 0 atom stereocenters. The Labute approximate surface area is 117 Å². The van der Waals surface area contributed by atoms with E-state index in [1.807, 2.05) is 22.6 Å². The maximum Gasteiger partial charge on any atom is 0.252 e. The summed E-state index contributed by atoms with van der Waals surface area (Å²) in [6.07, 6.45) is 0. The molecule has 0 fully saturated rings. The molecule has 1 aromatic rings. The number of aliphatic hydroxyl groups is 3. The number of carbonyl (C=O) groups excluding carboxylic acids is 1. The first-order valence-corrected chi connectivity index (χ1v) is 6.19. The molecular weight excluding hydrogens is 353 g/mol. The fourth-order valence-corrected chi connectivity index (χ4v) is 1.57. The summed E-state index contributed by atoms with van der Waals surface area (Å²) in [5, 5.41) is 39.1. The number of aliphatic hydroxyl groups excluding tert-OH is 3. The molecule has 0 bridgehead atoms. The molecule has 0 spiro atoms. The predicted molar refractivity (Wildman–Crippen MR) is 72.3 cm³/mol. The zero-order chi connectivity index (χ0) is 13.8. The second-order valence-electron chi connectivity index (χ2n) is 3.87. The number of phenols is 1. The van der Waals surface area contributed by atoms with Gasteiger partial charge in [0.15, 0.2) is 0 Å². The summed E-state index contributed by atoms with van der Waals surface area (Å²) in [7, 11) is 0. The maximum atomic E-state index is 11.8. The quantitative estimate of drug-likeness (QED) is 0.449. The van der Waals surface area contributed by atoms with Gasteiger partial charge in [-0.2, -0.15) is 0 Å². The van der Waals surface area contributed by atoms with Crippen LogP contribution in [0.15, 0.2) is 18.2 Å². The Bertz CT molecular complexity index is 425. The highest BCUT2D eigenvalue weighted by molar-refractivity contribution is 14.1. The van der Waals surface area contributed by atoms with E-state index in [0.717, 1.165) is 0 Å². The summed E-state index contributed by atoms with van der Waals surface area (Å²) in [6.45, 7) is -1.79. The zero-order valence-corrected chi connectivity index (χ0v) is 11.6. The molecule has 5 N–H and O–H groups in total. The molecule has 7 heteroatoms. The summed E-state index contributed by atoms with van der Waals surface area (Å²) in [4.78, 5) is 11.8. The lowest BCUT2D eigenvalue weighted by Crippen LogP contribution is -2.57. The minimum atomic E-state index is -1.48. The van der Waals surface area contributed by atoms with Crippen LogP contribution in [0.2, 0.25) is 0 Å². The largest absolute Gasteiger partial charge is 0.507 e. The molecule has 100 valence electrons. The van der Waals surface area contributed by atoms with Gasteiger partial charge in [0.05, 0.1) is 23.4 Å². The monoisotopic (exact) mass is 367 g/mol. The van der Waals surface area contributed by atoms with Crippen LogP contribution in [0.25, 0.3) is 0 Å². The van der Waals surface area contributed by atoms with Gasteiger partial charge in [0.1, 0.15) is 11.3 Å². The smallest absolute Gasteiger partial charge is 0.252 e. The molecule has 1 aromatic carbocycles. The van der Waals surface area contributed by atoms with Gasteiger partial charge in [-0.3, -0.25) is 4.79 Å². The van der Waals surface area contributed by atoms with E-state index < -0.39 is 31.3 Å². The molecular formula is C11H14INO5. The van der Waals surface area contributed by atoms with Crippen LogP contribution in [0.5, 0.6) is 5.75 Å². The molecule has 6 nitrogen and oxygen atoms in total. The summed E-state index contributed by atoms with van der Waals surface area (Å²) in [6, 6.07) is 4.32. The van der Waals surface area contributed by atoms with Crippen LogP contribution in [0, 0.1) is 3.57 Å². The normalized spacial score (nSPS) is 11.3. The van der Waals surface area contributed by atoms with Gasteiger partial charge < -0.3 is 25.7 Å². The average Bonchev–Trinajstić information content (AvgIpc) is 2.39. The Morgan fingerprint density at radius 1 is 1.22 bits per heavy atom. The van der Waals surface area contributed by atoms with Gasteiger partial charge in [0.25, 0.3) is 5.91 Å². The molecule has 0 radical (unpaired) electrons. The van der Waals surface area contributed by atoms with E-state index in [1.54, 1.807) is 6.07 Å². The van der Waals surface area contributed by atoms with E-state index in [4.69, 9.17) is 15.3 Å².